The predicted octanol–water partition coefficient (Wildman–Crippen LogP) is 3.22. The molecule has 1 aromatic heterocycles. The van der Waals surface area contributed by atoms with Crippen LogP contribution in [0.4, 0.5) is 13.2 Å². The van der Waals surface area contributed by atoms with Crippen molar-refractivity contribution in [2.24, 2.45) is 0 Å². The summed E-state index contributed by atoms with van der Waals surface area (Å²) in [5.41, 5.74) is -0.746. The molecule has 1 unspecified atom stereocenters. The summed E-state index contributed by atoms with van der Waals surface area (Å²) < 4.78 is 44.6. The summed E-state index contributed by atoms with van der Waals surface area (Å²) in [6.45, 7) is 0.822. The van der Waals surface area contributed by atoms with Crippen LogP contribution >= 0.6 is 23.1 Å². The number of alkyl halides is 3. The maximum absolute atomic E-state index is 13.0. The first-order chi connectivity index (χ1) is 9.54. The van der Waals surface area contributed by atoms with Crippen molar-refractivity contribution in [3.8, 4) is 0 Å². The first kappa shape index (κ1) is 14.6. The Kier molecular flexibility index (Phi) is 4.26. The van der Waals surface area contributed by atoms with Crippen molar-refractivity contribution in [1.82, 2.24) is 10.3 Å². The molecule has 1 atom stereocenters. The number of nitrogens with zero attached hydrogens (tertiary/aromatic N) is 1. The summed E-state index contributed by atoms with van der Waals surface area (Å²) in [4.78, 5) is 4.10. The summed E-state index contributed by atoms with van der Waals surface area (Å²) in [6.07, 6.45) is -2.59. The number of rotatable bonds is 4. The van der Waals surface area contributed by atoms with Crippen molar-refractivity contribution < 1.29 is 17.9 Å². The molecule has 2 heterocycles. The molecule has 2 fully saturated rings. The van der Waals surface area contributed by atoms with Gasteiger partial charge >= 0.3 is 6.18 Å². The second kappa shape index (κ2) is 5.82. The van der Waals surface area contributed by atoms with Gasteiger partial charge in [-0.3, -0.25) is 0 Å². The quantitative estimate of drug-likeness (QED) is 0.922. The first-order valence-electron chi connectivity index (χ1n) is 6.53. The Labute approximate surface area is 123 Å². The van der Waals surface area contributed by atoms with Crippen molar-refractivity contribution in [2.75, 3.05) is 18.1 Å². The Bertz CT molecular complexity index is 468. The highest BCUT2D eigenvalue weighted by molar-refractivity contribution is 7.99. The van der Waals surface area contributed by atoms with Gasteiger partial charge in [-0.15, -0.1) is 11.3 Å². The first-order valence-corrected chi connectivity index (χ1v) is 8.50. The highest BCUT2D eigenvalue weighted by Crippen LogP contribution is 2.38. The standard InChI is InChI=1S/C12H15F3N2OS2/c13-12(14,15)10-9(5-16-7-1-2-7)20-11(17-10)8-6-19-4-3-18-8/h7-8,16H,1-6H2. The van der Waals surface area contributed by atoms with Gasteiger partial charge in [0.15, 0.2) is 5.69 Å². The number of aromatic nitrogens is 1. The van der Waals surface area contributed by atoms with Gasteiger partial charge in [0, 0.05) is 24.1 Å². The summed E-state index contributed by atoms with van der Waals surface area (Å²) in [5, 5.41) is 3.58. The molecule has 0 aromatic carbocycles. The molecule has 0 amide bonds. The molecule has 1 aliphatic carbocycles. The zero-order chi connectivity index (χ0) is 14.2. The van der Waals surface area contributed by atoms with Crippen LogP contribution in [0.1, 0.15) is 34.5 Å². The molecule has 0 radical (unpaired) electrons. The molecule has 1 aliphatic heterocycles. The van der Waals surface area contributed by atoms with Crippen molar-refractivity contribution in [2.45, 2.75) is 37.7 Å². The monoisotopic (exact) mass is 324 g/mol. The number of halogens is 3. The zero-order valence-electron chi connectivity index (χ0n) is 10.7. The predicted molar refractivity (Wildman–Crippen MR) is 73.0 cm³/mol. The third-order valence-corrected chi connectivity index (χ3v) is 5.34. The fourth-order valence-corrected chi connectivity index (χ4v) is 4.04. The number of hydrogen-bond acceptors (Lipinski definition) is 5. The minimum absolute atomic E-state index is 0.247. The van der Waals surface area contributed by atoms with E-state index in [0.29, 0.717) is 23.4 Å². The Morgan fingerprint density at radius 1 is 1.35 bits per heavy atom. The van der Waals surface area contributed by atoms with Crippen molar-refractivity contribution in [3.05, 3.63) is 15.6 Å². The van der Waals surface area contributed by atoms with E-state index in [2.05, 4.69) is 10.3 Å². The maximum Gasteiger partial charge on any atom is 0.434 e. The van der Waals surface area contributed by atoms with Crippen molar-refractivity contribution in [1.29, 1.82) is 0 Å². The summed E-state index contributed by atoms with van der Waals surface area (Å²) >= 11 is 2.82. The zero-order valence-corrected chi connectivity index (χ0v) is 12.3. The second-order valence-electron chi connectivity index (χ2n) is 4.91. The highest BCUT2D eigenvalue weighted by Gasteiger charge is 2.38. The summed E-state index contributed by atoms with van der Waals surface area (Å²) in [6, 6.07) is 0.378. The van der Waals surface area contributed by atoms with E-state index in [-0.39, 0.29) is 17.5 Å². The average Bonchev–Trinajstić information content (AvgIpc) is 3.14. The third kappa shape index (κ3) is 3.47. The van der Waals surface area contributed by atoms with E-state index >= 15 is 0 Å². The van der Waals surface area contributed by atoms with Gasteiger partial charge in [0.1, 0.15) is 11.1 Å². The molecule has 1 aromatic rings. The SMILES string of the molecule is FC(F)(F)c1nc(C2CSCCO2)sc1CNC1CC1. The van der Waals surface area contributed by atoms with Gasteiger partial charge in [0.05, 0.1) is 11.5 Å². The van der Waals surface area contributed by atoms with Crippen LogP contribution in [-0.2, 0) is 17.5 Å². The molecule has 3 nitrogen and oxygen atoms in total. The lowest BCUT2D eigenvalue weighted by atomic mass is 10.3. The van der Waals surface area contributed by atoms with Crippen molar-refractivity contribution in [3.63, 3.8) is 0 Å². The van der Waals surface area contributed by atoms with Crippen LogP contribution in [0.2, 0.25) is 0 Å². The Hall–Kier alpha value is -0.310. The lowest BCUT2D eigenvalue weighted by Crippen LogP contribution is -2.18. The Balaban J connectivity index is 1.79. The van der Waals surface area contributed by atoms with Gasteiger partial charge in [-0.2, -0.15) is 24.9 Å². The molecular formula is C12H15F3N2OS2. The van der Waals surface area contributed by atoms with Crippen molar-refractivity contribution >= 4 is 23.1 Å². The Morgan fingerprint density at radius 3 is 2.75 bits per heavy atom. The van der Waals surface area contributed by atoms with Crippen LogP contribution in [0.3, 0.4) is 0 Å². The third-order valence-electron chi connectivity index (χ3n) is 3.20. The minimum atomic E-state index is -4.39. The van der Waals surface area contributed by atoms with E-state index in [1.54, 1.807) is 11.8 Å². The molecule has 2 aliphatic rings. The minimum Gasteiger partial charge on any atom is -0.369 e. The number of hydrogen-bond donors (Lipinski definition) is 1. The number of ether oxygens (including phenoxy) is 1. The summed E-state index contributed by atoms with van der Waals surface area (Å²) in [5.74, 6) is 1.57. The molecule has 1 N–H and O–H groups in total. The molecule has 20 heavy (non-hydrogen) atoms. The van der Waals surface area contributed by atoms with Crippen LogP contribution < -0.4 is 5.32 Å². The van der Waals surface area contributed by atoms with Crippen LogP contribution in [-0.4, -0.2) is 29.1 Å². The smallest absolute Gasteiger partial charge is 0.369 e. The highest BCUT2D eigenvalue weighted by atomic mass is 32.2. The molecule has 0 bridgehead atoms. The van der Waals surface area contributed by atoms with Gasteiger partial charge in [-0.05, 0) is 12.8 Å². The van der Waals surface area contributed by atoms with E-state index in [9.17, 15) is 13.2 Å². The van der Waals surface area contributed by atoms with Crippen LogP contribution in [0.15, 0.2) is 0 Å². The molecule has 3 rings (SSSR count). The number of thioether (sulfide) groups is 1. The fraction of sp³-hybridized carbons (Fsp3) is 0.750. The van der Waals surface area contributed by atoms with E-state index in [1.807, 2.05) is 0 Å². The lowest BCUT2D eigenvalue weighted by molar-refractivity contribution is -0.141. The summed E-state index contributed by atoms with van der Waals surface area (Å²) in [7, 11) is 0. The average molecular weight is 324 g/mol. The van der Waals surface area contributed by atoms with Crippen LogP contribution in [0, 0.1) is 0 Å². The van der Waals surface area contributed by atoms with E-state index in [4.69, 9.17) is 4.74 Å². The van der Waals surface area contributed by atoms with Gasteiger partial charge < -0.3 is 10.1 Å². The molecular weight excluding hydrogens is 309 g/mol. The fourth-order valence-electron chi connectivity index (χ4n) is 2.00. The second-order valence-corrected chi connectivity index (χ2v) is 7.18. The topological polar surface area (TPSA) is 34.1 Å². The normalized spacial score (nSPS) is 24.1. The molecule has 0 spiro atoms. The molecule has 1 saturated heterocycles. The van der Waals surface area contributed by atoms with Gasteiger partial charge in [-0.1, -0.05) is 0 Å². The van der Waals surface area contributed by atoms with Gasteiger partial charge in [-0.25, -0.2) is 4.98 Å². The maximum atomic E-state index is 13.0. The van der Waals surface area contributed by atoms with Crippen LogP contribution in [0.5, 0.6) is 0 Å². The largest absolute Gasteiger partial charge is 0.434 e. The van der Waals surface area contributed by atoms with Gasteiger partial charge in [0.25, 0.3) is 0 Å². The lowest BCUT2D eigenvalue weighted by Gasteiger charge is -2.19. The molecule has 112 valence electrons. The number of thiazole rings is 1. The van der Waals surface area contributed by atoms with Crippen LogP contribution in [0.25, 0.3) is 0 Å². The van der Waals surface area contributed by atoms with E-state index < -0.39 is 11.9 Å². The van der Waals surface area contributed by atoms with E-state index in [0.717, 1.165) is 29.9 Å². The molecule has 1 saturated carbocycles. The molecule has 8 heteroatoms. The Morgan fingerprint density at radius 2 is 2.15 bits per heavy atom. The number of nitrogens with one attached hydrogen (secondary N) is 1. The van der Waals surface area contributed by atoms with Gasteiger partial charge in [0.2, 0.25) is 0 Å². The van der Waals surface area contributed by atoms with E-state index in [1.165, 1.54) is 0 Å².